The fourth-order valence-electron chi connectivity index (χ4n) is 4.21. The van der Waals surface area contributed by atoms with Crippen LogP contribution in [-0.4, -0.2) is 21.4 Å². The van der Waals surface area contributed by atoms with Crippen LogP contribution in [0.2, 0.25) is 0 Å². The first-order valence-electron chi connectivity index (χ1n) is 9.98. The van der Waals surface area contributed by atoms with Gasteiger partial charge in [0.2, 0.25) is 0 Å². The maximum Gasteiger partial charge on any atom is 0.269 e. The summed E-state index contributed by atoms with van der Waals surface area (Å²) < 4.78 is 0. The average molecular weight is 411 g/mol. The van der Waals surface area contributed by atoms with Gasteiger partial charge in [0.05, 0.1) is 10.8 Å². The lowest BCUT2D eigenvalue weighted by atomic mass is 9.72. The zero-order valence-electron chi connectivity index (χ0n) is 17.2. The molecule has 6 heteroatoms. The summed E-state index contributed by atoms with van der Waals surface area (Å²) in [6.07, 6.45) is 1.71. The van der Waals surface area contributed by atoms with Crippen molar-refractivity contribution in [2.24, 2.45) is 4.99 Å². The molecular weight excluding hydrogens is 390 g/mol. The summed E-state index contributed by atoms with van der Waals surface area (Å²) >= 11 is 0. The van der Waals surface area contributed by atoms with Crippen LogP contribution in [-0.2, 0) is 0 Å². The molecule has 1 aliphatic heterocycles. The number of carbonyl (C=O) groups excluding carboxylic acids is 1. The van der Waals surface area contributed by atoms with E-state index in [-0.39, 0.29) is 17.4 Å². The molecule has 0 N–H and O–H groups in total. The molecule has 1 aliphatic rings. The van der Waals surface area contributed by atoms with Crippen molar-refractivity contribution in [1.29, 1.82) is 0 Å². The number of rotatable bonds is 5. The van der Waals surface area contributed by atoms with Crippen LogP contribution in [0.15, 0.2) is 95.3 Å². The van der Waals surface area contributed by atoms with Gasteiger partial charge in [-0.25, -0.2) is 0 Å². The van der Waals surface area contributed by atoms with Crippen molar-refractivity contribution in [1.82, 2.24) is 4.98 Å². The lowest BCUT2D eigenvalue weighted by Gasteiger charge is -2.33. The van der Waals surface area contributed by atoms with E-state index in [1.54, 1.807) is 30.5 Å². The Morgan fingerprint density at radius 1 is 0.935 bits per heavy atom. The van der Waals surface area contributed by atoms with Crippen LogP contribution < -0.4 is 0 Å². The third-order valence-corrected chi connectivity index (χ3v) is 5.56. The van der Waals surface area contributed by atoms with Gasteiger partial charge in [-0.2, -0.15) is 0 Å². The molecule has 0 amide bonds. The number of nitro benzene ring substituents is 1. The van der Waals surface area contributed by atoms with Crippen LogP contribution >= 0.6 is 0 Å². The molecule has 0 fully saturated rings. The minimum absolute atomic E-state index is 0.0124. The average Bonchev–Trinajstić information content (AvgIpc) is 2.79. The van der Waals surface area contributed by atoms with Crippen molar-refractivity contribution in [3.8, 4) is 0 Å². The number of allylic oxidation sites excluding steroid dienone is 2. The van der Waals surface area contributed by atoms with Gasteiger partial charge in [0, 0.05) is 52.5 Å². The summed E-state index contributed by atoms with van der Waals surface area (Å²) in [7, 11) is 0. The predicted molar refractivity (Wildman–Crippen MR) is 119 cm³/mol. The fraction of sp³-hybridized carbons (Fsp3) is 0.160. The monoisotopic (exact) mass is 411 g/mol. The Bertz CT molecular complexity index is 1200. The van der Waals surface area contributed by atoms with E-state index in [9.17, 15) is 14.9 Å². The summed E-state index contributed by atoms with van der Waals surface area (Å²) in [5.74, 6) is -0.888. The lowest BCUT2D eigenvalue weighted by molar-refractivity contribution is -0.384. The van der Waals surface area contributed by atoms with Crippen molar-refractivity contribution in [2.45, 2.75) is 25.7 Å². The molecule has 0 saturated carbocycles. The summed E-state index contributed by atoms with van der Waals surface area (Å²) in [6.45, 7) is 3.73. The number of Topliss-reactive ketones (excluding diaryl/α,β-unsaturated/α-hetero) is 1. The second kappa shape index (κ2) is 8.44. The molecule has 0 bridgehead atoms. The smallest absolute Gasteiger partial charge is 0.269 e. The maximum absolute atomic E-state index is 13.6. The van der Waals surface area contributed by atoms with E-state index in [4.69, 9.17) is 4.99 Å². The Balaban J connectivity index is 1.94. The minimum Gasteiger partial charge on any atom is -0.289 e. The number of hydrogen-bond donors (Lipinski definition) is 0. The van der Waals surface area contributed by atoms with E-state index in [1.165, 1.54) is 6.07 Å². The van der Waals surface area contributed by atoms with Crippen LogP contribution in [0.25, 0.3) is 0 Å². The summed E-state index contributed by atoms with van der Waals surface area (Å²) in [5, 5.41) is 11.4. The predicted octanol–water partition coefficient (Wildman–Crippen LogP) is 5.49. The molecule has 0 radical (unpaired) electrons. The molecule has 2 unspecified atom stereocenters. The number of nitrogens with zero attached hydrogens (tertiary/aromatic N) is 3. The van der Waals surface area contributed by atoms with Gasteiger partial charge in [0.1, 0.15) is 0 Å². The number of aromatic nitrogens is 1. The number of carbonyl (C=O) groups is 1. The Kier molecular flexibility index (Phi) is 5.54. The van der Waals surface area contributed by atoms with Crippen molar-refractivity contribution in [3.63, 3.8) is 0 Å². The number of aliphatic imine (C=N–C) groups is 1. The van der Waals surface area contributed by atoms with Crippen LogP contribution in [0.1, 0.15) is 47.3 Å². The number of nitro groups is 1. The lowest BCUT2D eigenvalue weighted by Crippen LogP contribution is -2.28. The maximum atomic E-state index is 13.6. The van der Waals surface area contributed by atoms with Gasteiger partial charge in [-0.05, 0) is 31.5 Å². The first kappa shape index (κ1) is 20.3. The molecule has 1 aromatic heterocycles. The second-order valence-corrected chi connectivity index (χ2v) is 7.51. The number of pyridine rings is 1. The van der Waals surface area contributed by atoms with Crippen LogP contribution in [0.4, 0.5) is 5.69 Å². The number of ketones is 1. The molecule has 2 aromatic carbocycles. The molecule has 154 valence electrons. The minimum atomic E-state index is -0.444. The van der Waals surface area contributed by atoms with Gasteiger partial charge in [-0.1, -0.05) is 48.5 Å². The number of non-ortho nitro benzene ring substituents is 1. The quantitative estimate of drug-likeness (QED) is 0.316. The Labute approximate surface area is 180 Å². The van der Waals surface area contributed by atoms with E-state index in [1.807, 2.05) is 56.3 Å². The molecule has 4 rings (SSSR count). The van der Waals surface area contributed by atoms with Gasteiger partial charge in [0.25, 0.3) is 5.69 Å². The summed E-state index contributed by atoms with van der Waals surface area (Å²) in [6, 6.07) is 21.2. The van der Waals surface area contributed by atoms with E-state index < -0.39 is 10.8 Å². The van der Waals surface area contributed by atoms with E-state index in [2.05, 4.69) is 4.98 Å². The highest BCUT2D eigenvalue weighted by atomic mass is 16.6. The largest absolute Gasteiger partial charge is 0.289 e. The molecule has 2 atom stereocenters. The highest BCUT2D eigenvalue weighted by Crippen LogP contribution is 2.45. The zero-order chi connectivity index (χ0) is 22.0. The van der Waals surface area contributed by atoms with Gasteiger partial charge in [-0.3, -0.25) is 24.9 Å². The van der Waals surface area contributed by atoms with Gasteiger partial charge in [0.15, 0.2) is 5.78 Å². The standard InChI is InChI=1S/C25H21N3O3/c1-16-22(21-13-6-7-14-26-21)24(19-11-8-12-20(15-19)28(30)31)23(17(2)27-16)25(29)18-9-4-3-5-10-18/h3-15,22,24H,1-2H3. The Morgan fingerprint density at radius 3 is 2.35 bits per heavy atom. The summed E-state index contributed by atoms with van der Waals surface area (Å²) in [5.41, 5.74) is 3.98. The van der Waals surface area contributed by atoms with Crippen LogP contribution in [0.5, 0.6) is 0 Å². The Hall–Kier alpha value is -3.93. The number of hydrogen-bond acceptors (Lipinski definition) is 5. The van der Waals surface area contributed by atoms with E-state index >= 15 is 0 Å². The SMILES string of the molecule is CC1=NC(C)=C(C(=O)c2ccccc2)C(c2cccc([N+](=O)[O-])c2)C1c1ccccn1. The third kappa shape index (κ3) is 3.92. The third-order valence-electron chi connectivity index (χ3n) is 5.56. The van der Waals surface area contributed by atoms with Crippen molar-refractivity contribution in [2.75, 3.05) is 0 Å². The Morgan fingerprint density at radius 2 is 1.68 bits per heavy atom. The molecular formula is C25H21N3O3. The topological polar surface area (TPSA) is 85.5 Å². The highest BCUT2D eigenvalue weighted by molar-refractivity contribution is 6.12. The van der Waals surface area contributed by atoms with E-state index in [0.29, 0.717) is 22.4 Å². The van der Waals surface area contributed by atoms with Crippen LogP contribution in [0.3, 0.4) is 0 Å². The molecule has 3 aromatic rings. The van der Waals surface area contributed by atoms with E-state index in [0.717, 1.165) is 11.4 Å². The van der Waals surface area contributed by atoms with Gasteiger partial charge in [-0.15, -0.1) is 0 Å². The van der Waals surface area contributed by atoms with Crippen molar-refractivity contribution < 1.29 is 9.72 Å². The second-order valence-electron chi connectivity index (χ2n) is 7.51. The zero-order valence-corrected chi connectivity index (χ0v) is 17.2. The highest BCUT2D eigenvalue weighted by Gasteiger charge is 2.39. The molecule has 0 saturated heterocycles. The van der Waals surface area contributed by atoms with Gasteiger partial charge >= 0.3 is 0 Å². The molecule has 0 aliphatic carbocycles. The van der Waals surface area contributed by atoms with Crippen LogP contribution in [0, 0.1) is 10.1 Å². The first-order chi connectivity index (χ1) is 15.0. The molecule has 2 heterocycles. The number of benzene rings is 2. The van der Waals surface area contributed by atoms with Gasteiger partial charge < -0.3 is 0 Å². The fourth-order valence-corrected chi connectivity index (χ4v) is 4.21. The summed E-state index contributed by atoms with van der Waals surface area (Å²) in [4.78, 5) is 33.9. The molecule has 6 nitrogen and oxygen atoms in total. The first-order valence-corrected chi connectivity index (χ1v) is 9.98. The normalized spacial score (nSPS) is 18.5. The molecule has 31 heavy (non-hydrogen) atoms. The molecule has 0 spiro atoms. The van der Waals surface area contributed by atoms with Crippen molar-refractivity contribution in [3.05, 3.63) is 117 Å². The van der Waals surface area contributed by atoms with Crippen molar-refractivity contribution >= 4 is 17.2 Å².